The summed E-state index contributed by atoms with van der Waals surface area (Å²) < 4.78 is 0. The normalized spacial score (nSPS) is 13.8. The molecule has 0 radical (unpaired) electrons. The minimum absolute atomic E-state index is 0.00425. The highest BCUT2D eigenvalue weighted by Gasteiger charge is 2.44. The van der Waals surface area contributed by atoms with Gasteiger partial charge in [-0.2, -0.15) is 0 Å². The van der Waals surface area contributed by atoms with Gasteiger partial charge in [0, 0.05) is 10.8 Å². The van der Waals surface area contributed by atoms with E-state index in [0.717, 1.165) is 12.8 Å². The van der Waals surface area contributed by atoms with Crippen LogP contribution in [0.5, 0.6) is 0 Å². The standard InChI is InChI=1S/C72H86/c1-7-13-17-31-47-71(48-32-18-14-8-2)63-41-29-27-39-59(63)61-45-43-55(51-65(61)71)69-57(11-5)67(53-35-23-21-24-36-53)68(54-37-25-22-26-38-54)58(12-6)70(69)56-44-46-62-60-40-28-30-42-64(60)72(66(62)52-56,49-33-19-15-9-3)50-34-20-16-10-4/h21-30,35-46,51-52H,7-20,31-34,47-50H2,1-6H3. The molecule has 0 atom stereocenters. The number of hydrogen-bond donors (Lipinski definition) is 0. The van der Waals surface area contributed by atoms with Crippen LogP contribution in [0, 0.1) is 0 Å². The average molecular weight is 951 g/mol. The van der Waals surface area contributed by atoms with Crippen LogP contribution in [0.4, 0.5) is 0 Å². The molecule has 0 saturated carbocycles. The zero-order valence-electron chi connectivity index (χ0n) is 45.4. The molecule has 0 aromatic heterocycles. The highest BCUT2D eigenvalue weighted by atomic mass is 14.5. The number of unbranched alkanes of at least 4 members (excludes halogenated alkanes) is 12. The van der Waals surface area contributed by atoms with E-state index >= 15 is 0 Å². The second-order valence-corrected chi connectivity index (χ2v) is 21.9. The quantitative estimate of drug-likeness (QED) is 0.0475. The minimum atomic E-state index is 0.00425. The third-order valence-electron chi connectivity index (χ3n) is 17.5. The van der Waals surface area contributed by atoms with Crippen LogP contribution >= 0.6 is 0 Å². The Morgan fingerprint density at radius 3 is 0.903 bits per heavy atom. The van der Waals surface area contributed by atoms with Crippen molar-refractivity contribution in [1.82, 2.24) is 0 Å². The molecule has 0 heterocycles. The zero-order valence-corrected chi connectivity index (χ0v) is 45.4. The molecule has 0 bridgehead atoms. The van der Waals surface area contributed by atoms with Gasteiger partial charge in [-0.25, -0.2) is 0 Å². The lowest BCUT2D eigenvalue weighted by atomic mass is 9.69. The summed E-state index contributed by atoms with van der Waals surface area (Å²) in [5, 5.41) is 0. The van der Waals surface area contributed by atoms with E-state index < -0.39 is 0 Å². The number of rotatable bonds is 26. The topological polar surface area (TPSA) is 0 Å². The van der Waals surface area contributed by atoms with Gasteiger partial charge in [-0.05, 0) is 151 Å². The number of benzene rings is 7. The van der Waals surface area contributed by atoms with Gasteiger partial charge in [-0.1, -0.05) is 278 Å². The lowest BCUT2D eigenvalue weighted by molar-refractivity contribution is 0.401. The summed E-state index contributed by atoms with van der Waals surface area (Å²) in [4.78, 5) is 0. The maximum absolute atomic E-state index is 2.75. The van der Waals surface area contributed by atoms with E-state index in [1.165, 1.54) is 206 Å². The minimum Gasteiger partial charge on any atom is -0.0654 e. The number of hydrogen-bond acceptors (Lipinski definition) is 0. The maximum atomic E-state index is 2.75. The fourth-order valence-electron chi connectivity index (χ4n) is 14.0. The summed E-state index contributed by atoms with van der Waals surface area (Å²) in [5.41, 5.74) is 26.2. The monoisotopic (exact) mass is 951 g/mol. The summed E-state index contributed by atoms with van der Waals surface area (Å²) in [6, 6.07) is 57.7. The van der Waals surface area contributed by atoms with Gasteiger partial charge in [0.1, 0.15) is 0 Å². The van der Waals surface area contributed by atoms with E-state index in [4.69, 9.17) is 0 Å². The molecule has 2 aliphatic rings. The summed E-state index contributed by atoms with van der Waals surface area (Å²) in [6.45, 7) is 14.3. The van der Waals surface area contributed by atoms with Crippen LogP contribution in [0.3, 0.4) is 0 Å². The highest BCUT2D eigenvalue weighted by Crippen LogP contribution is 2.59. The van der Waals surface area contributed by atoms with Gasteiger partial charge in [-0.15, -0.1) is 0 Å². The largest absolute Gasteiger partial charge is 0.0654 e. The van der Waals surface area contributed by atoms with Gasteiger partial charge in [0.15, 0.2) is 0 Å². The summed E-state index contributed by atoms with van der Waals surface area (Å²) in [5.74, 6) is 0. The van der Waals surface area contributed by atoms with Crippen molar-refractivity contribution < 1.29 is 0 Å². The predicted octanol–water partition coefficient (Wildman–Crippen LogP) is 21.9. The van der Waals surface area contributed by atoms with Crippen molar-refractivity contribution in [3.63, 3.8) is 0 Å². The second-order valence-electron chi connectivity index (χ2n) is 21.9. The molecular formula is C72H86. The molecule has 0 N–H and O–H groups in total. The summed E-state index contributed by atoms with van der Waals surface area (Å²) in [6.07, 6.45) is 27.3. The smallest absolute Gasteiger partial charge is 0.0215 e. The van der Waals surface area contributed by atoms with Crippen molar-refractivity contribution in [2.45, 2.75) is 194 Å². The van der Waals surface area contributed by atoms with Crippen LogP contribution in [-0.4, -0.2) is 0 Å². The second kappa shape index (κ2) is 24.1. The van der Waals surface area contributed by atoms with Crippen molar-refractivity contribution in [1.29, 1.82) is 0 Å². The fourth-order valence-corrected chi connectivity index (χ4v) is 14.0. The van der Waals surface area contributed by atoms with E-state index in [0.29, 0.717) is 0 Å². The molecule has 7 aromatic rings. The Balaban J connectivity index is 1.36. The van der Waals surface area contributed by atoms with Crippen molar-refractivity contribution in [2.24, 2.45) is 0 Å². The van der Waals surface area contributed by atoms with Crippen LogP contribution in [0.25, 0.3) is 66.8 Å². The summed E-state index contributed by atoms with van der Waals surface area (Å²) >= 11 is 0. The lowest BCUT2D eigenvalue weighted by Gasteiger charge is -2.34. The van der Waals surface area contributed by atoms with Gasteiger partial charge in [0.25, 0.3) is 0 Å². The molecule has 0 nitrogen and oxygen atoms in total. The Hall–Kier alpha value is -5.46. The first kappa shape index (κ1) is 51.4. The number of fused-ring (bicyclic) bond motifs is 6. The van der Waals surface area contributed by atoms with E-state index in [1.54, 1.807) is 22.3 Å². The van der Waals surface area contributed by atoms with E-state index in [-0.39, 0.29) is 10.8 Å². The molecule has 7 aromatic carbocycles. The SMILES string of the molecule is CCCCCCC1(CCCCCC)c2ccccc2-c2ccc(-c3c(CC)c(-c4ccccc4)c(-c4ccccc4)c(CC)c3-c3ccc4c(c3)C(CCCCCC)(CCCCCC)c3ccccc3-4)cc21. The third-order valence-corrected chi connectivity index (χ3v) is 17.5. The van der Waals surface area contributed by atoms with E-state index in [2.05, 4.69) is 187 Å². The molecule has 0 fully saturated rings. The van der Waals surface area contributed by atoms with Gasteiger partial charge < -0.3 is 0 Å². The average Bonchev–Trinajstić information content (AvgIpc) is 3.86. The fraction of sp³-hybridized carbons (Fsp3) is 0.417. The van der Waals surface area contributed by atoms with Crippen LogP contribution in [0.1, 0.15) is 203 Å². The lowest BCUT2D eigenvalue weighted by Crippen LogP contribution is -2.25. The molecule has 9 rings (SSSR count). The maximum Gasteiger partial charge on any atom is 0.0215 e. The Morgan fingerprint density at radius 2 is 0.569 bits per heavy atom. The molecule has 0 heteroatoms. The van der Waals surface area contributed by atoms with Crippen LogP contribution < -0.4 is 0 Å². The van der Waals surface area contributed by atoms with Crippen molar-refractivity contribution >= 4 is 0 Å². The summed E-state index contributed by atoms with van der Waals surface area (Å²) in [7, 11) is 0. The van der Waals surface area contributed by atoms with Crippen molar-refractivity contribution in [3.05, 3.63) is 179 Å². The molecule has 0 aliphatic heterocycles. The van der Waals surface area contributed by atoms with Crippen molar-refractivity contribution in [3.8, 4) is 66.8 Å². The highest BCUT2D eigenvalue weighted by molar-refractivity contribution is 6.02. The van der Waals surface area contributed by atoms with E-state index in [9.17, 15) is 0 Å². The van der Waals surface area contributed by atoms with Gasteiger partial charge in [0.05, 0.1) is 0 Å². The molecule has 0 saturated heterocycles. The molecular weight excluding hydrogens is 865 g/mol. The molecule has 2 aliphatic carbocycles. The first-order valence-corrected chi connectivity index (χ1v) is 29.3. The zero-order chi connectivity index (χ0) is 49.9. The van der Waals surface area contributed by atoms with Gasteiger partial charge in [0.2, 0.25) is 0 Å². The first-order valence-electron chi connectivity index (χ1n) is 29.3. The Morgan fingerprint density at radius 1 is 0.264 bits per heavy atom. The molecule has 374 valence electrons. The molecule has 0 unspecified atom stereocenters. The Bertz CT molecular complexity index is 2650. The predicted molar refractivity (Wildman–Crippen MR) is 314 cm³/mol. The molecule has 72 heavy (non-hydrogen) atoms. The molecule has 0 spiro atoms. The molecule has 0 amide bonds. The third kappa shape index (κ3) is 9.86. The van der Waals surface area contributed by atoms with Crippen LogP contribution in [0.15, 0.2) is 146 Å². The Kier molecular flexibility index (Phi) is 17.2. The van der Waals surface area contributed by atoms with Gasteiger partial charge >= 0.3 is 0 Å². The first-order chi connectivity index (χ1) is 35.5. The van der Waals surface area contributed by atoms with Crippen LogP contribution in [0.2, 0.25) is 0 Å². The Labute approximate surface area is 437 Å². The van der Waals surface area contributed by atoms with E-state index in [1.807, 2.05) is 0 Å². The van der Waals surface area contributed by atoms with Gasteiger partial charge in [-0.3, -0.25) is 0 Å². The van der Waals surface area contributed by atoms with Crippen LogP contribution in [-0.2, 0) is 23.7 Å². The van der Waals surface area contributed by atoms with Crippen molar-refractivity contribution in [2.75, 3.05) is 0 Å².